The number of rotatable bonds is 4. The third-order valence-electron chi connectivity index (χ3n) is 4.37. The number of aromatic nitrogens is 3. The zero-order valence-electron chi connectivity index (χ0n) is 15.7. The fourth-order valence-corrected chi connectivity index (χ4v) is 3.25. The zero-order valence-corrected chi connectivity index (χ0v) is 18.0. The van der Waals surface area contributed by atoms with E-state index in [1.165, 1.54) is 0 Å². The largest absolute Gasteiger partial charge is 0.319 e. The summed E-state index contributed by atoms with van der Waals surface area (Å²) in [5, 5.41) is 8.53. The number of benzene rings is 3. The van der Waals surface area contributed by atoms with Crippen LogP contribution in [0, 0.1) is 6.92 Å². The maximum atomic E-state index is 12.8. The molecule has 1 amide bonds. The molecule has 150 valence electrons. The van der Waals surface area contributed by atoms with Crippen molar-refractivity contribution in [1.82, 2.24) is 14.8 Å². The number of halogens is 3. The van der Waals surface area contributed by atoms with Crippen molar-refractivity contribution in [2.45, 2.75) is 6.92 Å². The van der Waals surface area contributed by atoms with Gasteiger partial charge in [0, 0.05) is 16.3 Å². The van der Waals surface area contributed by atoms with Gasteiger partial charge in [-0.1, -0.05) is 64.6 Å². The van der Waals surface area contributed by atoms with Gasteiger partial charge in [-0.15, -0.1) is 5.10 Å². The van der Waals surface area contributed by atoms with Crippen LogP contribution in [0.4, 0.5) is 5.69 Å². The molecular formula is C22H15Cl3N4O. The minimum absolute atomic E-state index is 0.0200. The number of amides is 1. The van der Waals surface area contributed by atoms with Crippen LogP contribution in [0.5, 0.6) is 0 Å². The Balaban J connectivity index is 1.74. The number of aryl methyl sites for hydroxylation is 1. The SMILES string of the molecule is Cc1ccc(-c2nc(C(=O)Nc3ccc(Cl)c(Cl)c3)nn2-c2ccc(Cl)cc2)cc1. The van der Waals surface area contributed by atoms with Crippen LogP contribution in [0.3, 0.4) is 0 Å². The second-order valence-corrected chi connectivity index (χ2v) is 7.85. The lowest BCUT2D eigenvalue weighted by molar-refractivity contribution is 0.101. The molecule has 0 saturated heterocycles. The van der Waals surface area contributed by atoms with E-state index in [4.69, 9.17) is 34.8 Å². The van der Waals surface area contributed by atoms with Crippen molar-refractivity contribution in [3.63, 3.8) is 0 Å². The van der Waals surface area contributed by atoms with Gasteiger partial charge < -0.3 is 5.32 Å². The molecule has 0 spiro atoms. The van der Waals surface area contributed by atoms with Gasteiger partial charge in [-0.3, -0.25) is 4.79 Å². The Bertz CT molecular complexity index is 1160. The minimum atomic E-state index is -0.463. The molecule has 5 nitrogen and oxygen atoms in total. The number of hydrogen-bond acceptors (Lipinski definition) is 3. The van der Waals surface area contributed by atoms with E-state index in [0.29, 0.717) is 26.6 Å². The molecule has 0 aliphatic rings. The van der Waals surface area contributed by atoms with Gasteiger partial charge in [-0.05, 0) is 49.4 Å². The summed E-state index contributed by atoms with van der Waals surface area (Å²) in [6, 6.07) is 19.8. The van der Waals surface area contributed by atoms with Gasteiger partial charge >= 0.3 is 0 Å². The summed E-state index contributed by atoms with van der Waals surface area (Å²) < 4.78 is 1.62. The van der Waals surface area contributed by atoms with E-state index < -0.39 is 5.91 Å². The number of carbonyl (C=O) groups excluding carboxylic acids is 1. The van der Waals surface area contributed by atoms with Gasteiger partial charge in [0.2, 0.25) is 5.82 Å². The van der Waals surface area contributed by atoms with E-state index in [2.05, 4.69) is 15.4 Å². The molecule has 30 heavy (non-hydrogen) atoms. The third-order valence-corrected chi connectivity index (χ3v) is 5.36. The quantitative estimate of drug-likeness (QED) is 0.383. The van der Waals surface area contributed by atoms with Crippen LogP contribution in [0.15, 0.2) is 66.7 Å². The first-order valence-electron chi connectivity index (χ1n) is 8.97. The molecule has 0 fully saturated rings. The topological polar surface area (TPSA) is 59.8 Å². The summed E-state index contributed by atoms with van der Waals surface area (Å²) >= 11 is 18.0. The molecule has 1 heterocycles. The van der Waals surface area contributed by atoms with Crippen LogP contribution in [0.25, 0.3) is 17.1 Å². The molecule has 0 aliphatic heterocycles. The zero-order chi connectivity index (χ0) is 21.3. The Labute approximate surface area is 188 Å². The summed E-state index contributed by atoms with van der Waals surface area (Å²) in [7, 11) is 0. The van der Waals surface area contributed by atoms with Crippen molar-refractivity contribution >= 4 is 46.4 Å². The molecule has 0 unspecified atom stereocenters. The normalized spacial score (nSPS) is 10.8. The molecule has 3 aromatic carbocycles. The molecular weight excluding hydrogens is 443 g/mol. The summed E-state index contributed by atoms with van der Waals surface area (Å²) in [5.41, 5.74) is 3.18. The van der Waals surface area contributed by atoms with E-state index in [0.717, 1.165) is 16.8 Å². The predicted molar refractivity (Wildman–Crippen MR) is 121 cm³/mol. The third kappa shape index (κ3) is 4.33. The van der Waals surface area contributed by atoms with Crippen molar-refractivity contribution < 1.29 is 4.79 Å². The van der Waals surface area contributed by atoms with Crippen LogP contribution < -0.4 is 5.32 Å². The molecule has 1 N–H and O–H groups in total. The molecule has 0 saturated carbocycles. The van der Waals surface area contributed by atoms with Gasteiger partial charge in [-0.25, -0.2) is 9.67 Å². The van der Waals surface area contributed by atoms with Crippen molar-refractivity contribution in [3.05, 3.63) is 93.2 Å². The summed E-state index contributed by atoms with van der Waals surface area (Å²) in [6.45, 7) is 2.00. The number of nitrogens with zero attached hydrogens (tertiary/aromatic N) is 3. The lowest BCUT2D eigenvalue weighted by atomic mass is 10.1. The lowest BCUT2D eigenvalue weighted by Crippen LogP contribution is -2.14. The van der Waals surface area contributed by atoms with E-state index in [9.17, 15) is 4.79 Å². The van der Waals surface area contributed by atoms with Gasteiger partial charge in [0.05, 0.1) is 15.7 Å². The first kappa shape index (κ1) is 20.4. The fraction of sp³-hybridized carbons (Fsp3) is 0.0455. The summed E-state index contributed by atoms with van der Waals surface area (Å²) in [6.07, 6.45) is 0. The maximum absolute atomic E-state index is 12.8. The van der Waals surface area contributed by atoms with Gasteiger partial charge in [0.15, 0.2) is 5.82 Å². The smallest absolute Gasteiger partial charge is 0.295 e. The molecule has 0 radical (unpaired) electrons. The highest BCUT2D eigenvalue weighted by Crippen LogP contribution is 2.26. The second kappa shape index (κ2) is 8.48. The second-order valence-electron chi connectivity index (χ2n) is 6.60. The van der Waals surface area contributed by atoms with Crippen molar-refractivity contribution in [2.24, 2.45) is 0 Å². The summed E-state index contributed by atoms with van der Waals surface area (Å²) in [5.74, 6) is 0.0951. The van der Waals surface area contributed by atoms with Crippen LogP contribution in [0.2, 0.25) is 15.1 Å². The van der Waals surface area contributed by atoms with E-state index >= 15 is 0 Å². The molecule has 0 atom stereocenters. The van der Waals surface area contributed by atoms with Gasteiger partial charge in [-0.2, -0.15) is 0 Å². The van der Waals surface area contributed by atoms with Crippen molar-refractivity contribution in [2.75, 3.05) is 5.32 Å². The molecule has 0 aliphatic carbocycles. The highest BCUT2D eigenvalue weighted by atomic mass is 35.5. The Hall–Kier alpha value is -2.86. The van der Waals surface area contributed by atoms with E-state index in [1.807, 2.05) is 43.3 Å². The van der Waals surface area contributed by atoms with Crippen molar-refractivity contribution in [1.29, 1.82) is 0 Å². The number of carbonyl (C=O) groups is 1. The van der Waals surface area contributed by atoms with Crippen LogP contribution in [0.1, 0.15) is 16.2 Å². The lowest BCUT2D eigenvalue weighted by Gasteiger charge is -2.06. The highest BCUT2D eigenvalue weighted by molar-refractivity contribution is 6.42. The number of hydrogen-bond donors (Lipinski definition) is 1. The summed E-state index contributed by atoms with van der Waals surface area (Å²) in [4.78, 5) is 17.3. The molecule has 1 aromatic heterocycles. The first-order valence-corrected chi connectivity index (χ1v) is 10.1. The molecule has 4 rings (SSSR count). The highest BCUT2D eigenvalue weighted by Gasteiger charge is 2.19. The minimum Gasteiger partial charge on any atom is -0.319 e. The average molecular weight is 458 g/mol. The van der Waals surface area contributed by atoms with Crippen LogP contribution in [-0.2, 0) is 0 Å². The number of anilines is 1. The maximum Gasteiger partial charge on any atom is 0.295 e. The molecule has 8 heteroatoms. The van der Waals surface area contributed by atoms with Crippen LogP contribution >= 0.6 is 34.8 Å². The Morgan fingerprint density at radius 3 is 2.27 bits per heavy atom. The first-order chi connectivity index (χ1) is 14.4. The molecule has 4 aromatic rings. The Kier molecular flexibility index (Phi) is 5.77. The Morgan fingerprint density at radius 2 is 1.60 bits per heavy atom. The number of nitrogens with one attached hydrogen (secondary N) is 1. The fourth-order valence-electron chi connectivity index (χ4n) is 2.82. The molecule has 0 bridgehead atoms. The predicted octanol–water partition coefficient (Wildman–Crippen LogP) is 6.46. The standard InChI is InChI=1S/C22H15Cl3N4O/c1-13-2-4-14(5-3-13)21-27-20(28-29(21)17-9-6-15(23)7-10-17)22(30)26-16-8-11-18(24)19(25)12-16/h2-12H,1H3,(H,26,30). The van der Waals surface area contributed by atoms with Crippen molar-refractivity contribution in [3.8, 4) is 17.1 Å². The van der Waals surface area contributed by atoms with Gasteiger partial charge in [0.1, 0.15) is 0 Å². The van der Waals surface area contributed by atoms with Crippen LogP contribution in [-0.4, -0.2) is 20.7 Å². The monoisotopic (exact) mass is 456 g/mol. The average Bonchev–Trinajstić information content (AvgIpc) is 3.17. The van der Waals surface area contributed by atoms with E-state index in [-0.39, 0.29) is 5.82 Å². The van der Waals surface area contributed by atoms with Gasteiger partial charge in [0.25, 0.3) is 5.91 Å². The van der Waals surface area contributed by atoms with E-state index in [1.54, 1.807) is 35.0 Å². The Morgan fingerprint density at radius 1 is 0.900 bits per heavy atom.